The fourth-order valence-electron chi connectivity index (χ4n) is 3.17. The SMILES string of the molecule is CC(C)c1[nH]c2ccccc2c1C(=O)C(=O)NCc1ccc(/C=C/C(=O)NO)cc1. The van der Waals surface area contributed by atoms with Gasteiger partial charge in [0.1, 0.15) is 0 Å². The predicted molar refractivity (Wildman–Crippen MR) is 114 cm³/mol. The van der Waals surface area contributed by atoms with Crippen molar-refractivity contribution in [2.24, 2.45) is 0 Å². The number of aromatic nitrogens is 1. The van der Waals surface area contributed by atoms with E-state index in [1.54, 1.807) is 30.3 Å². The second-order valence-corrected chi connectivity index (χ2v) is 7.18. The number of para-hydroxylation sites is 1. The number of hydrogen-bond donors (Lipinski definition) is 4. The third kappa shape index (κ3) is 4.64. The highest BCUT2D eigenvalue weighted by atomic mass is 16.5. The lowest BCUT2D eigenvalue weighted by Crippen LogP contribution is -2.31. The maximum Gasteiger partial charge on any atom is 0.292 e. The molecule has 0 aliphatic rings. The molecule has 0 unspecified atom stereocenters. The molecule has 0 aliphatic carbocycles. The largest absolute Gasteiger partial charge is 0.358 e. The first kappa shape index (κ1) is 21.0. The molecule has 30 heavy (non-hydrogen) atoms. The molecule has 2 aromatic carbocycles. The van der Waals surface area contributed by atoms with E-state index in [-0.39, 0.29) is 12.5 Å². The number of nitrogens with one attached hydrogen (secondary N) is 3. The average Bonchev–Trinajstić information content (AvgIpc) is 3.16. The van der Waals surface area contributed by atoms with Gasteiger partial charge in [-0.1, -0.05) is 56.3 Å². The van der Waals surface area contributed by atoms with Crippen molar-refractivity contribution in [2.45, 2.75) is 26.3 Å². The normalized spacial score (nSPS) is 11.2. The predicted octanol–water partition coefficient (Wildman–Crippen LogP) is 3.31. The van der Waals surface area contributed by atoms with Gasteiger partial charge in [-0.15, -0.1) is 0 Å². The summed E-state index contributed by atoms with van der Waals surface area (Å²) in [5.41, 5.74) is 5.08. The minimum Gasteiger partial charge on any atom is -0.358 e. The number of carbonyl (C=O) groups is 3. The zero-order valence-corrected chi connectivity index (χ0v) is 16.7. The lowest BCUT2D eigenvalue weighted by Gasteiger charge is -2.08. The summed E-state index contributed by atoms with van der Waals surface area (Å²) in [6, 6.07) is 14.5. The molecule has 0 saturated heterocycles. The summed E-state index contributed by atoms with van der Waals surface area (Å²) in [7, 11) is 0. The van der Waals surface area contributed by atoms with Crippen LogP contribution >= 0.6 is 0 Å². The van der Waals surface area contributed by atoms with E-state index in [1.807, 2.05) is 38.1 Å². The molecule has 0 aliphatic heterocycles. The number of amides is 2. The number of hydroxylamine groups is 1. The van der Waals surface area contributed by atoms with Crippen LogP contribution in [0, 0.1) is 0 Å². The summed E-state index contributed by atoms with van der Waals surface area (Å²) in [6.07, 6.45) is 2.74. The zero-order chi connectivity index (χ0) is 21.7. The standard InChI is InChI=1S/C23H23N3O4/c1-14(2)21-20(17-5-3-4-6-18(17)25-21)22(28)23(29)24-13-16-9-7-15(8-10-16)11-12-19(27)26-30/h3-12,14,25,30H,13H2,1-2H3,(H,24,29)(H,26,27)/b12-11+. The minimum atomic E-state index is -0.662. The monoisotopic (exact) mass is 405 g/mol. The fraction of sp³-hybridized carbons (Fsp3) is 0.174. The van der Waals surface area contributed by atoms with Crippen molar-refractivity contribution in [2.75, 3.05) is 0 Å². The molecular formula is C23H23N3O4. The summed E-state index contributed by atoms with van der Waals surface area (Å²) in [5, 5.41) is 11.9. The second kappa shape index (κ2) is 9.19. The highest BCUT2D eigenvalue weighted by Crippen LogP contribution is 2.28. The van der Waals surface area contributed by atoms with Gasteiger partial charge in [0.15, 0.2) is 0 Å². The number of Topliss-reactive ketones (excluding diaryl/α,β-unsaturated/α-hetero) is 1. The fourth-order valence-corrected chi connectivity index (χ4v) is 3.17. The van der Waals surface area contributed by atoms with Crippen LogP contribution in [0.25, 0.3) is 17.0 Å². The Kier molecular flexibility index (Phi) is 6.44. The molecule has 0 fully saturated rings. The summed E-state index contributed by atoms with van der Waals surface area (Å²) in [6.45, 7) is 4.14. The molecule has 154 valence electrons. The van der Waals surface area contributed by atoms with Crippen molar-refractivity contribution in [1.82, 2.24) is 15.8 Å². The van der Waals surface area contributed by atoms with Crippen molar-refractivity contribution in [3.8, 4) is 0 Å². The number of hydrogen-bond acceptors (Lipinski definition) is 4. The van der Waals surface area contributed by atoms with Crippen molar-refractivity contribution in [1.29, 1.82) is 0 Å². The van der Waals surface area contributed by atoms with Crippen LogP contribution in [0.1, 0.15) is 46.9 Å². The van der Waals surface area contributed by atoms with Gasteiger partial charge in [0.25, 0.3) is 17.6 Å². The van der Waals surface area contributed by atoms with Crippen LogP contribution in [0.5, 0.6) is 0 Å². The van der Waals surface area contributed by atoms with E-state index in [4.69, 9.17) is 5.21 Å². The van der Waals surface area contributed by atoms with E-state index >= 15 is 0 Å². The summed E-state index contributed by atoms with van der Waals surface area (Å²) in [5.74, 6) is -1.78. The molecule has 0 bridgehead atoms. The van der Waals surface area contributed by atoms with E-state index in [0.717, 1.165) is 27.7 Å². The first-order valence-corrected chi connectivity index (χ1v) is 9.55. The van der Waals surface area contributed by atoms with Crippen LogP contribution in [0.4, 0.5) is 0 Å². The van der Waals surface area contributed by atoms with Crippen LogP contribution in [0.15, 0.2) is 54.6 Å². The molecule has 7 heteroatoms. The molecule has 7 nitrogen and oxygen atoms in total. The van der Waals surface area contributed by atoms with Gasteiger partial charge in [0.2, 0.25) is 0 Å². The van der Waals surface area contributed by atoms with Gasteiger partial charge in [0.05, 0.1) is 5.56 Å². The molecule has 0 saturated carbocycles. The Hall–Kier alpha value is -3.71. The molecule has 1 heterocycles. The van der Waals surface area contributed by atoms with Crippen LogP contribution in [0.2, 0.25) is 0 Å². The van der Waals surface area contributed by atoms with Gasteiger partial charge in [-0.25, -0.2) is 5.48 Å². The van der Waals surface area contributed by atoms with Gasteiger partial charge >= 0.3 is 0 Å². The Labute approximate surface area is 173 Å². The zero-order valence-electron chi connectivity index (χ0n) is 16.7. The third-order valence-corrected chi connectivity index (χ3v) is 4.72. The Bertz CT molecular complexity index is 1110. The number of carbonyl (C=O) groups excluding carboxylic acids is 3. The maximum absolute atomic E-state index is 12.9. The average molecular weight is 405 g/mol. The minimum absolute atomic E-state index is 0.0673. The molecule has 0 radical (unpaired) electrons. The summed E-state index contributed by atoms with van der Waals surface area (Å²) < 4.78 is 0. The number of ketones is 1. The highest BCUT2D eigenvalue weighted by Gasteiger charge is 2.25. The summed E-state index contributed by atoms with van der Waals surface area (Å²) in [4.78, 5) is 39.7. The molecule has 1 aromatic heterocycles. The van der Waals surface area contributed by atoms with Crippen molar-refractivity contribution in [3.63, 3.8) is 0 Å². The van der Waals surface area contributed by atoms with E-state index in [2.05, 4.69) is 10.3 Å². The molecule has 0 spiro atoms. The highest BCUT2D eigenvalue weighted by molar-refractivity contribution is 6.45. The Morgan fingerprint density at radius 3 is 2.43 bits per heavy atom. The lowest BCUT2D eigenvalue weighted by molar-refractivity contribution is -0.124. The number of benzene rings is 2. The summed E-state index contributed by atoms with van der Waals surface area (Å²) >= 11 is 0. The van der Waals surface area contributed by atoms with Crippen molar-refractivity contribution in [3.05, 3.63) is 77.0 Å². The molecule has 0 atom stereocenters. The molecule has 3 aromatic rings. The first-order valence-electron chi connectivity index (χ1n) is 9.55. The lowest BCUT2D eigenvalue weighted by atomic mass is 9.99. The van der Waals surface area contributed by atoms with E-state index in [9.17, 15) is 14.4 Å². The topological polar surface area (TPSA) is 111 Å². The maximum atomic E-state index is 12.9. The molecular weight excluding hydrogens is 382 g/mol. The second-order valence-electron chi connectivity index (χ2n) is 7.18. The third-order valence-electron chi connectivity index (χ3n) is 4.72. The van der Waals surface area contributed by atoms with Gasteiger partial charge in [0, 0.05) is 29.2 Å². The number of aromatic amines is 1. The van der Waals surface area contributed by atoms with E-state index in [0.29, 0.717) is 5.56 Å². The van der Waals surface area contributed by atoms with Gasteiger partial charge in [-0.2, -0.15) is 0 Å². The Morgan fingerprint density at radius 1 is 1.07 bits per heavy atom. The van der Waals surface area contributed by atoms with Crippen LogP contribution < -0.4 is 10.8 Å². The number of rotatable bonds is 7. The Morgan fingerprint density at radius 2 is 1.77 bits per heavy atom. The molecule has 2 amide bonds. The molecule has 3 rings (SSSR count). The van der Waals surface area contributed by atoms with Gasteiger partial charge in [-0.3, -0.25) is 19.6 Å². The van der Waals surface area contributed by atoms with E-state index in [1.165, 1.54) is 11.6 Å². The number of H-pyrrole nitrogens is 1. The Balaban J connectivity index is 1.71. The van der Waals surface area contributed by atoms with E-state index < -0.39 is 17.6 Å². The molecule has 4 N–H and O–H groups in total. The number of fused-ring (bicyclic) bond motifs is 1. The van der Waals surface area contributed by atoms with Crippen LogP contribution in [-0.4, -0.2) is 27.8 Å². The smallest absolute Gasteiger partial charge is 0.292 e. The van der Waals surface area contributed by atoms with Gasteiger partial charge in [-0.05, 0) is 29.2 Å². The van der Waals surface area contributed by atoms with Crippen LogP contribution in [-0.2, 0) is 16.1 Å². The van der Waals surface area contributed by atoms with Crippen molar-refractivity contribution < 1.29 is 19.6 Å². The van der Waals surface area contributed by atoms with Crippen molar-refractivity contribution >= 4 is 34.6 Å². The van der Waals surface area contributed by atoms with Crippen LogP contribution in [0.3, 0.4) is 0 Å². The first-order chi connectivity index (χ1) is 14.4. The van der Waals surface area contributed by atoms with Gasteiger partial charge < -0.3 is 10.3 Å². The quantitative estimate of drug-likeness (QED) is 0.159.